The molecule has 1 amide bonds. The highest BCUT2D eigenvalue weighted by Gasteiger charge is 2.54. The van der Waals surface area contributed by atoms with E-state index >= 15 is 4.39 Å². The van der Waals surface area contributed by atoms with E-state index in [0.29, 0.717) is 35.0 Å². The first kappa shape index (κ1) is 31.8. The molecule has 2 aliphatic carbocycles. The molecule has 4 heterocycles. The number of amides is 1. The molecule has 0 aromatic heterocycles. The smallest absolute Gasteiger partial charge is 0.222 e. The van der Waals surface area contributed by atoms with Gasteiger partial charge < -0.3 is 19.6 Å². The Kier molecular flexibility index (Phi) is 8.62. The molecule has 0 N–H and O–H groups in total. The third-order valence-corrected chi connectivity index (χ3v) is 15.0. The number of hydrogen-bond donors (Lipinski definition) is 0. The molecule has 7 nitrogen and oxygen atoms in total. The van der Waals surface area contributed by atoms with Gasteiger partial charge in [-0.1, -0.05) is 18.6 Å². The number of rotatable bonds is 11. The molecule has 2 aromatic carbocycles. The second-order valence-corrected chi connectivity index (χ2v) is 17.8. The normalized spacial score (nSPS) is 28.0. The first-order valence-electron chi connectivity index (χ1n) is 18.4. The summed E-state index contributed by atoms with van der Waals surface area (Å²) in [6.07, 6.45) is 10.0. The minimum absolute atomic E-state index is 0.145. The van der Waals surface area contributed by atoms with E-state index in [-0.39, 0.29) is 22.5 Å². The molecular formula is C38H51FN4O3S. The number of carbonyl (C=O) groups excluding carboxylic acids is 1. The van der Waals surface area contributed by atoms with Crippen LogP contribution in [0.1, 0.15) is 69.8 Å². The Labute approximate surface area is 280 Å². The molecule has 0 bridgehead atoms. The van der Waals surface area contributed by atoms with Crippen molar-refractivity contribution >= 4 is 21.4 Å². The van der Waals surface area contributed by atoms with Crippen LogP contribution in [0.25, 0.3) is 0 Å². The van der Waals surface area contributed by atoms with Gasteiger partial charge in [0.15, 0.2) is 9.84 Å². The van der Waals surface area contributed by atoms with E-state index in [2.05, 4.69) is 25.7 Å². The number of carbonyl (C=O) groups is 1. The molecule has 3 atom stereocenters. The number of hydrogen-bond acceptors (Lipinski definition) is 6. The molecule has 6 fully saturated rings. The van der Waals surface area contributed by atoms with Crippen LogP contribution in [0.4, 0.5) is 10.1 Å². The molecular weight excluding hydrogens is 612 g/mol. The average Bonchev–Trinajstić information content (AvgIpc) is 3.66. The van der Waals surface area contributed by atoms with Crippen LogP contribution >= 0.6 is 0 Å². The molecule has 47 heavy (non-hydrogen) atoms. The number of nitrogens with zero attached hydrogens (tertiary/aromatic N) is 4. The lowest BCUT2D eigenvalue weighted by Crippen LogP contribution is -2.60. The van der Waals surface area contributed by atoms with Gasteiger partial charge in [-0.2, -0.15) is 0 Å². The molecule has 8 rings (SSSR count). The molecule has 4 saturated heterocycles. The van der Waals surface area contributed by atoms with Crippen LogP contribution in [-0.4, -0.2) is 99.2 Å². The summed E-state index contributed by atoms with van der Waals surface area (Å²) in [5, 5.41) is -0.172. The molecule has 254 valence electrons. The van der Waals surface area contributed by atoms with Gasteiger partial charge in [-0.3, -0.25) is 4.79 Å². The number of likely N-dealkylation sites (tertiary alicyclic amines) is 3. The average molecular weight is 663 g/mol. The van der Waals surface area contributed by atoms with E-state index in [4.69, 9.17) is 0 Å². The predicted octanol–water partition coefficient (Wildman–Crippen LogP) is 5.34. The van der Waals surface area contributed by atoms with Crippen molar-refractivity contribution in [1.82, 2.24) is 14.7 Å². The van der Waals surface area contributed by atoms with Crippen LogP contribution in [0.5, 0.6) is 0 Å². The summed E-state index contributed by atoms with van der Waals surface area (Å²) < 4.78 is 40.2. The van der Waals surface area contributed by atoms with Crippen molar-refractivity contribution in [2.75, 3.05) is 63.8 Å². The van der Waals surface area contributed by atoms with Gasteiger partial charge in [0.05, 0.1) is 10.1 Å². The van der Waals surface area contributed by atoms with Crippen LogP contribution in [0.3, 0.4) is 0 Å². The van der Waals surface area contributed by atoms with Crippen molar-refractivity contribution in [2.24, 2.45) is 17.8 Å². The highest BCUT2D eigenvalue weighted by Crippen LogP contribution is 2.53. The zero-order valence-corrected chi connectivity index (χ0v) is 28.6. The molecule has 0 radical (unpaired) electrons. The SMILES string of the molecule is O=C1CCCN1[C@H]1CCC[C@@H]1C(CN1CCC1)(c1cccc(F)c1)C1CCN(CC2CN(c3ccc(S(=O)(=O)C4CC4)cc3)C2)CC1. The van der Waals surface area contributed by atoms with E-state index in [1.165, 1.54) is 6.42 Å². The number of benzene rings is 2. The fourth-order valence-corrected chi connectivity index (χ4v) is 11.7. The fraction of sp³-hybridized carbons (Fsp3) is 0.658. The molecule has 4 aliphatic heterocycles. The molecule has 6 aliphatic rings. The Balaban J connectivity index is 0.961. The second kappa shape index (κ2) is 12.8. The third-order valence-electron chi connectivity index (χ3n) is 12.7. The van der Waals surface area contributed by atoms with Gasteiger partial charge in [0.1, 0.15) is 5.82 Å². The van der Waals surface area contributed by atoms with Gasteiger partial charge in [-0.25, -0.2) is 12.8 Å². The zero-order valence-electron chi connectivity index (χ0n) is 27.7. The minimum Gasteiger partial charge on any atom is -0.371 e. The fourth-order valence-electron chi connectivity index (χ4n) is 10.0. The summed E-state index contributed by atoms with van der Waals surface area (Å²) in [4.78, 5) is 23.4. The Morgan fingerprint density at radius 2 is 1.57 bits per heavy atom. The monoisotopic (exact) mass is 662 g/mol. The number of halogens is 1. The van der Waals surface area contributed by atoms with Crippen molar-refractivity contribution in [3.63, 3.8) is 0 Å². The van der Waals surface area contributed by atoms with E-state index in [1.54, 1.807) is 18.2 Å². The van der Waals surface area contributed by atoms with Gasteiger partial charge >= 0.3 is 0 Å². The molecule has 2 saturated carbocycles. The summed E-state index contributed by atoms with van der Waals surface area (Å²) in [5.74, 6) is 1.59. The van der Waals surface area contributed by atoms with Gasteiger partial charge in [0.25, 0.3) is 0 Å². The lowest BCUT2D eigenvalue weighted by Gasteiger charge is -2.55. The Bertz CT molecular complexity index is 1550. The molecule has 0 spiro atoms. The summed E-state index contributed by atoms with van der Waals surface area (Å²) in [6.45, 7) is 9.31. The van der Waals surface area contributed by atoms with Crippen molar-refractivity contribution < 1.29 is 17.6 Å². The molecule has 1 unspecified atom stereocenters. The topological polar surface area (TPSA) is 64.2 Å². The maximum atomic E-state index is 15.0. The highest BCUT2D eigenvalue weighted by molar-refractivity contribution is 7.92. The predicted molar refractivity (Wildman–Crippen MR) is 183 cm³/mol. The van der Waals surface area contributed by atoms with Crippen LogP contribution < -0.4 is 4.90 Å². The summed E-state index contributed by atoms with van der Waals surface area (Å²) >= 11 is 0. The van der Waals surface area contributed by atoms with Crippen molar-refractivity contribution in [2.45, 2.75) is 85.8 Å². The summed E-state index contributed by atoms with van der Waals surface area (Å²) in [7, 11) is -3.15. The van der Waals surface area contributed by atoms with Gasteiger partial charge in [-0.05, 0) is 131 Å². The number of anilines is 1. The minimum atomic E-state index is -3.15. The van der Waals surface area contributed by atoms with Crippen molar-refractivity contribution in [1.29, 1.82) is 0 Å². The van der Waals surface area contributed by atoms with Crippen LogP contribution in [0.2, 0.25) is 0 Å². The third kappa shape index (κ3) is 6.03. The Morgan fingerprint density at radius 1 is 0.809 bits per heavy atom. The number of piperidine rings is 1. The maximum Gasteiger partial charge on any atom is 0.222 e. The van der Waals surface area contributed by atoms with E-state index in [9.17, 15) is 13.2 Å². The summed E-state index contributed by atoms with van der Waals surface area (Å²) in [5.41, 5.74) is 2.12. The van der Waals surface area contributed by atoms with Crippen molar-refractivity contribution in [3.05, 3.63) is 59.9 Å². The van der Waals surface area contributed by atoms with Crippen LogP contribution in [-0.2, 0) is 20.0 Å². The lowest BCUT2D eigenvalue weighted by molar-refractivity contribution is -0.131. The largest absolute Gasteiger partial charge is 0.371 e. The van der Waals surface area contributed by atoms with Gasteiger partial charge in [0.2, 0.25) is 5.91 Å². The quantitative estimate of drug-likeness (QED) is 0.324. The van der Waals surface area contributed by atoms with Gasteiger partial charge in [0, 0.05) is 62.2 Å². The first-order chi connectivity index (χ1) is 22.8. The van der Waals surface area contributed by atoms with E-state index < -0.39 is 9.84 Å². The van der Waals surface area contributed by atoms with E-state index in [1.807, 2.05) is 24.3 Å². The van der Waals surface area contributed by atoms with Crippen molar-refractivity contribution in [3.8, 4) is 0 Å². The second-order valence-electron chi connectivity index (χ2n) is 15.6. The molecule has 9 heteroatoms. The molecule has 2 aromatic rings. The first-order valence-corrected chi connectivity index (χ1v) is 19.9. The van der Waals surface area contributed by atoms with E-state index in [0.717, 1.165) is 122 Å². The zero-order chi connectivity index (χ0) is 32.2. The lowest BCUT2D eigenvalue weighted by atomic mass is 9.57. The maximum absolute atomic E-state index is 15.0. The Morgan fingerprint density at radius 3 is 2.21 bits per heavy atom. The Hall–Kier alpha value is -2.49. The van der Waals surface area contributed by atoms with Gasteiger partial charge in [-0.15, -0.1) is 0 Å². The van der Waals surface area contributed by atoms with Crippen LogP contribution in [0.15, 0.2) is 53.4 Å². The highest BCUT2D eigenvalue weighted by atomic mass is 32.2. The summed E-state index contributed by atoms with van der Waals surface area (Å²) in [6, 6.07) is 15.3. The van der Waals surface area contributed by atoms with Crippen LogP contribution in [0, 0.1) is 23.6 Å². The number of sulfone groups is 1. The standard InChI is InChI=1S/C38H51FN4O3S/c39-31-6-1-5-30(23-31)38(27-41-18-4-19-41,35-7-2-8-36(35)43-20-3-9-37(43)44)29-16-21-40(22-17-29)24-28-25-42(26-28)32-10-12-33(13-11-32)47(45,46)34-14-15-34/h1,5-6,10-13,23,28-29,34-36H,2-4,7-9,14-22,24-27H2/t35-,36-,38?/m0/s1.